The van der Waals surface area contributed by atoms with E-state index < -0.39 is 0 Å². The molecule has 3 N–H and O–H groups in total. The van der Waals surface area contributed by atoms with Gasteiger partial charge in [-0.15, -0.1) is 10.2 Å². The zero-order chi connectivity index (χ0) is 9.97. The number of aromatic nitrogens is 3. The van der Waals surface area contributed by atoms with Crippen molar-refractivity contribution in [1.82, 2.24) is 20.1 Å². The van der Waals surface area contributed by atoms with Crippen LogP contribution >= 0.6 is 0 Å². The highest BCUT2D eigenvalue weighted by Crippen LogP contribution is 2.07. The lowest BCUT2D eigenvalue weighted by Gasteiger charge is -2.18. The highest BCUT2D eigenvalue weighted by Gasteiger charge is 2.11. The molecule has 76 valence electrons. The Morgan fingerprint density at radius 2 is 2.57 bits per heavy atom. The van der Waals surface area contributed by atoms with Gasteiger partial charge in [0.25, 0.3) is 0 Å². The van der Waals surface area contributed by atoms with Crippen molar-refractivity contribution in [3.8, 4) is 0 Å². The van der Waals surface area contributed by atoms with Gasteiger partial charge in [0.2, 0.25) is 0 Å². The summed E-state index contributed by atoms with van der Waals surface area (Å²) in [5.41, 5.74) is 7.10. The number of hydrogen-bond donors (Lipinski definition) is 2. The van der Waals surface area contributed by atoms with Crippen molar-refractivity contribution in [2.45, 2.75) is 12.5 Å². The molecule has 0 aromatic carbocycles. The molecule has 2 heterocycles. The maximum absolute atomic E-state index is 5.81. The molecular formula is C9H15N5. The number of nitrogens with one attached hydrogen (secondary N) is 1. The minimum absolute atomic E-state index is 0.131. The Labute approximate surface area is 83.0 Å². The Kier molecular flexibility index (Phi) is 2.60. The van der Waals surface area contributed by atoms with E-state index in [4.69, 9.17) is 5.73 Å². The van der Waals surface area contributed by atoms with Gasteiger partial charge in [-0.05, 0) is 0 Å². The molecule has 1 aliphatic heterocycles. The molecule has 1 aromatic heterocycles. The number of aryl methyl sites for hydroxylation is 1. The normalized spacial score (nSPS) is 22.1. The third-order valence-corrected chi connectivity index (χ3v) is 2.37. The quantitative estimate of drug-likeness (QED) is 0.604. The average molecular weight is 193 g/mol. The van der Waals surface area contributed by atoms with Crippen LogP contribution in [0.5, 0.6) is 0 Å². The molecule has 0 saturated carbocycles. The first kappa shape index (κ1) is 9.36. The Bertz CT molecular complexity index is 341. The first-order valence-electron chi connectivity index (χ1n) is 4.74. The first-order chi connectivity index (χ1) is 6.75. The third kappa shape index (κ3) is 2.00. The van der Waals surface area contributed by atoms with Crippen LogP contribution in [0.2, 0.25) is 0 Å². The van der Waals surface area contributed by atoms with Crippen molar-refractivity contribution in [2.24, 2.45) is 12.8 Å². The molecule has 0 aliphatic carbocycles. The van der Waals surface area contributed by atoms with Crippen molar-refractivity contribution in [3.63, 3.8) is 0 Å². The maximum atomic E-state index is 5.81. The Hall–Kier alpha value is -1.20. The second-order valence-electron chi connectivity index (χ2n) is 3.65. The van der Waals surface area contributed by atoms with Gasteiger partial charge in [-0.2, -0.15) is 0 Å². The zero-order valence-electron chi connectivity index (χ0n) is 8.27. The van der Waals surface area contributed by atoms with Crippen molar-refractivity contribution in [3.05, 3.63) is 23.8 Å². The van der Waals surface area contributed by atoms with E-state index in [1.807, 2.05) is 11.6 Å². The van der Waals surface area contributed by atoms with E-state index in [2.05, 4.69) is 21.6 Å². The van der Waals surface area contributed by atoms with Crippen LogP contribution in [0.1, 0.15) is 5.82 Å². The van der Waals surface area contributed by atoms with Gasteiger partial charge in [0.1, 0.15) is 12.2 Å². The lowest BCUT2D eigenvalue weighted by Crippen LogP contribution is -2.38. The molecule has 0 spiro atoms. The second kappa shape index (κ2) is 3.89. The summed E-state index contributed by atoms with van der Waals surface area (Å²) < 4.78 is 1.93. The van der Waals surface area contributed by atoms with Crippen molar-refractivity contribution < 1.29 is 0 Å². The molecule has 1 aliphatic rings. The van der Waals surface area contributed by atoms with Gasteiger partial charge in [0.15, 0.2) is 0 Å². The van der Waals surface area contributed by atoms with Gasteiger partial charge in [0, 0.05) is 32.6 Å². The van der Waals surface area contributed by atoms with Crippen LogP contribution in [0, 0.1) is 0 Å². The SMILES string of the molecule is Cn1cnnc1CC1=CC(N)CNC1. The molecule has 1 unspecified atom stereocenters. The van der Waals surface area contributed by atoms with Gasteiger partial charge in [0.05, 0.1) is 0 Å². The van der Waals surface area contributed by atoms with Crippen LogP contribution in [0.25, 0.3) is 0 Å². The van der Waals surface area contributed by atoms with Crippen LogP contribution in [-0.2, 0) is 13.5 Å². The molecule has 5 nitrogen and oxygen atoms in total. The highest BCUT2D eigenvalue weighted by molar-refractivity contribution is 5.16. The van der Waals surface area contributed by atoms with E-state index in [9.17, 15) is 0 Å². The summed E-state index contributed by atoms with van der Waals surface area (Å²) in [4.78, 5) is 0. The molecule has 5 heteroatoms. The summed E-state index contributed by atoms with van der Waals surface area (Å²) in [6.07, 6.45) is 4.66. The Morgan fingerprint density at radius 3 is 3.21 bits per heavy atom. The largest absolute Gasteiger partial charge is 0.323 e. The number of nitrogens with zero attached hydrogens (tertiary/aromatic N) is 3. The monoisotopic (exact) mass is 193 g/mol. The van der Waals surface area contributed by atoms with Gasteiger partial charge < -0.3 is 15.6 Å². The van der Waals surface area contributed by atoms with Crippen LogP contribution in [0.3, 0.4) is 0 Å². The molecule has 14 heavy (non-hydrogen) atoms. The number of hydrogen-bond acceptors (Lipinski definition) is 4. The molecule has 2 rings (SSSR count). The van der Waals surface area contributed by atoms with Crippen LogP contribution in [0.4, 0.5) is 0 Å². The molecule has 1 aromatic rings. The fourth-order valence-corrected chi connectivity index (χ4v) is 1.61. The lowest BCUT2D eigenvalue weighted by molar-refractivity contribution is 0.620. The van der Waals surface area contributed by atoms with Gasteiger partial charge >= 0.3 is 0 Å². The van der Waals surface area contributed by atoms with Gasteiger partial charge in [-0.25, -0.2) is 0 Å². The number of nitrogens with two attached hydrogens (primary N) is 1. The van der Waals surface area contributed by atoms with Crippen molar-refractivity contribution in [1.29, 1.82) is 0 Å². The smallest absolute Gasteiger partial charge is 0.136 e. The summed E-state index contributed by atoms with van der Waals surface area (Å²) in [5.74, 6) is 0.979. The van der Waals surface area contributed by atoms with Crippen molar-refractivity contribution in [2.75, 3.05) is 13.1 Å². The van der Waals surface area contributed by atoms with Crippen LogP contribution < -0.4 is 11.1 Å². The van der Waals surface area contributed by atoms with E-state index in [1.165, 1.54) is 5.57 Å². The Morgan fingerprint density at radius 1 is 1.71 bits per heavy atom. The van der Waals surface area contributed by atoms with Crippen LogP contribution in [0.15, 0.2) is 18.0 Å². The fraction of sp³-hybridized carbons (Fsp3) is 0.556. The van der Waals surface area contributed by atoms with Crippen LogP contribution in [-0.4, -0.2) is 33.9 Å². The van der Waals surface area contributed by atoms with E-state index in [-0.39, 0.29) is 6.04 Å². The highest BCUT2D eigenvalue weighted by atomic mass is 15.2. The van der Waals surface area contributed by atoms with E-state index in [0.717, 1.165) is 25.3 Å². The molecule has 0 amide bonds. The molecule has 0 bridgehead atoms. The molecule has 0 saturated heterocycles. The third-order valence-electron chi connectivity index (χ3n) is 2.37. The van der Waals surface area contributed by atoms with Gasteiger partial charge in [-0.3, -0.25) is 0 Å². The minimum Gasteiger partial charge on any atom is -0.323 e. The standard InChI is InChI=1S/C9H15N5/c1-14-6-12-13-9(14)3-7-2-8(10)5-11-4-7/h2,6,8,11H,3-5,10H2,1H3. The predicted molar refractivity (Wildman–Crippen MR) is 53.6 cm³/mol. The van der Waals surface area contributed by atoms with Gasteiger partial charge in [-0.1, -0.05) is 11.6 Å². The molecule has 1 atom stereocenters. The van der Waals surface area contributed by atoms with Crippen molar-refractivity contribution >= 4 is 0 Å². The fourth-order valence-electron chi connectivity index (χ4n) is 1.61. The zero-order valence-corrected chi connectivity index (χ0v) is 8.27. The van der Waals surface area contributed by atoms with E-state index in [0.29, 0.717) is 0 Å². The maximum Gasteiger partial charge on any atom is 0.136 e. The Balaban J connectivity index is 2.07. The molecule has 0 radical (unpaired) electrons. The van der Waals surface area contributed by atoms with E-state index in [1.54, 1.807) is 6.33 Å². The first-order valence-corrected chi connectivity index (χ1v) is 4.74. The second-order valence-corrected chi connectivity index (χ2v) is 3.65. The summed E-state index contributed by atoms with van der Waals surface area (Å²) >= 11 is 0. The summed E-state index contributed by atoms with van der Waals surface area (Å²) in [6.45, 7) is 1.77. The summed E-state index contributed by atoms with van der Waals surface area (Å²) in [6, 6.07) is 0.131. The summed E-state index contributed by atoms with van der Waals surface area (Å²) in [7, 11) is 1.95. The number of rotatable bonds is 2. The minimum atomic E-state index is 0.131. The van der Waals surface area contributed by atoms with E-state index >= 15 is 0 Å². The molecule has 0 fully saturated rings. The predicted octanol–water partition coefficient (Wildman–Crippen LogP) is -0.785. The summed E-state index contributed by atoms with van der Waals surface area (Å²) in [5, 5.41) is 11.1. The molecular weight excluding hydrogens is 178 g/mol. The average Bonchev–Trinajstić information content (AvgIpc) is 2.52. The lowest BCUT2D eigenvalue weighted by atomic mass is 10.1. The topological polar surface area (TPSA) is 68.8 Å².